The molecule has 0 spiro atoms. The lowest BCUT2D eigenvalue weighted by molar-refractivity contribution is -0.188. The third-order valence-electron chi connectivity index (χ3n) is 5.64. The van der Waals surface area contributed by atoms with Crippen molar-refractivity contribution >= 4 is 5.96 Å². The zero-order valence-corrected chi connectivity index (χ0v) is 13.8. The zero-order valence-electron chi connectivity index (χ0n) is 13.8. The van der Waals surface area contributed by atoms with Gasteiger partial charge in [-0.1, -0.05) is 26.7 Å². The lowest BCUT2D eigenvalue weighted by atomic mass is 9.55. The van der Waals surface area contributed by atoms with Gasteiger partial charge in [-0.2, -0.15) is 0 Å². The van der Waals surface area contributed by atoms with Gasteiger partial charge >= 0.3 is 0 Å². The van der Waals surface area contributed by atoms with Crippen LogP contribution in [-0.4, -0.2) is 37.3 Å². The van der Waals surface area contributed by atoms with Crippen molar-refractivity contribution in [3.05, 3.63) is 0 Å². The summed E-state index contributed by atoms with van der Waals surface area (Å²) in [6.07, 6.45) is 8.19. The third kappa shape index (κ3) is 2.92. The number of guanidine groups is 1. The molecule has 0 aromatic heterocycles. The molecule has 0 aromatic rings. The third-order valence-corrected chi connectivity index (χ3v) is 5.64. The van der Waals surface area contributed by atoms with Crippen molar-refractivity contribution in [3.8, 4) is 0 Å². The first-order valence-electron chi connectivity index (χ1n) is 8.82. The Morgan fingerprint density at radius 3 is 2.62 bits per heavy atom. The van der Waals surface area contributed by atoms with Crippen LogP contribution >= 0.6 is 0 Å². The van der Waals surface area contributed by atoms with E-state index in [0.29, 0.717) is 24.1 Å². The van der Waals surface area contributed by atoms with Gasteiger partial charge < -0.3 is 15.4 Å². The Balaban J connectivity index is 1.63. The minimum Gasteiger partial charge on any atom is -0.377 e. The minimum atomic E-state index is 0.205. The van der Waals surface area contributed by atoms with Crippen LogP contribution in [0.5, 0.6) is 0 Å². The van der Waals surface area contributed by atoms with Gasteiger partial charge in [-0.3, -0.25) is 4.99 Å². The normalized spacial score (nSPS) is 36.0. The number of nitrogens with zero attached hydrogens (tertiary/aromatic N) is 1. The molecule has 1 saturated heterocycles. The van der Waals surface area contributed by atoms with Gasteiger partial charge in [0.25, 0.3) is 0 Å². The fraction of sp³-hybridized carbons (Fsp3) is 0.941. The van der Waals surface area contributed by atoms with E-state index in [1.807, 2.05) is 0 Å². The Hall–Kier alpha value is -0.770. The monoisotopic (exact) mass is 293 g/mol. The maximum absolute atomic E-state index is 6.00. The second-order valence-electron chi connectivity index (χ2n) is 7.49. The highest BCUT2D eigenvalue weighted by molar-refractivity contribution is 5.80. The molecule has 0 aromatic carbocycles. The number of rotatable bonds is 3. The second-order valence-corrected chi connectivity index (χ2v) is 7.49. The van der Waals surface area contributed by atoms with Crippen molar-refractivity contribution in [1.82, 2.24) is 10.6 Å². The van der Waals surface area contributed by atoms with E-state index in [1.165, 1.54) is 38.5 Å². The second kappa shape index (κ2) is 6.15. The lowest BCUT2D eigenvalue weighted by Gasteiger charge is -2.60. The molecule has 3 atom stereocenters. The number of ether oxygens (including phenoxy) is 1. The molecule has 3 fully saturated rings. The first-order chi connectivity index (χ1) is 10.1. The predicted molar refractivity (Wildman–Crippen MR) is 86.5 cm³/mol. The summed E-state index contributed by atoms with van der Waals surface area (Å²) in [5.74, 6) is 1.67. The summed E-state index contributed by atoms with van der Waals surface area (Å²) in [6, 6.07) is 1.10. The SMILES string of the molecule is CCN=C(NC1CCCC1)NC1C2CCCOC2C1(C)C. The molecular formula is C17H31N3O. The molecule has 120 valence electrons. The van der Waals surface area contributed by atoms with Crippen molar-refractivity contribution in [3.63, 3.8) is 0 Å². The molecule has 4 nitrogen and oxygen atoms in total. The quantitative estimate of drug-likeness (QED) is 0.621. The van der Waals surface area contributed by atoms with Gasteiger partial charge in [0.15, 0.2) is 5.96 Å². The Bertz CT molecular complexity index is 387. The Morgan fingerprint density at radius 2 is 1.90 bits per heavy atom. The molecule has 2 aliphatic carbocycles. The summed E-state index contributed by atoms with van der Waals surface area (Å²) < 4.78 is 6.00. The Morgan fingerprint density at radius 1 is 1.14 bits per heavy atom. The van der Waals surface area contributed by atoms with Crippen molar-refractivity contribution in [1.29, 1.82) is 0 Å². The molecule has 21 heavy (non-hydrogen) atoms. The number of aliphatic imine (C=N–C) groups is 1. The van der Waals surface area contributed by atoms with Crippen molar-refractivity contribution in [2.45, 2.75) is 77.5 Å². The average molecular weight is 293 g/mol. The number of fused-ring (bicyclic) bond motifs is 1. The topological polar surface area (TPSA) is 45.7 Å². The standard InChI is InChI=1S/C17H31N3O/c1-4-18-16(19-12-8-5-6-9-12)20-14-13-10-7-11-21-15(13)17(14,2)3/h12-15H,4-11H2,1-3H3,(H2,18,19,20). The largest absolute Gasteiger partial charge is 0.377 e. The summed E-state index contributed by atoms with van der Waals surface area (Å²) in [5.41, 5.74) is 0.205. The van der Waals surface area contributed by atoms with Crippen LogP contribution in [-0.2, 0) is 4.74 Å². The first-order valence-corrected chi connectivity index (χ1v) is 8.82. The highest BCUT2D eigenvalue weighted by atomic mass is 16.5. The van der Waals surface area contributed by atoms with Crippen LogP contribution in [0.4, 0.5) is 0 Å². The van der Waals surface area contributed by atoms with Crippen LogP contribution < -0.4 is 10.6 Å². The van der Waals surface area contributed by atoms with Gasteiger partial charge in [-0.25, -0.2) is 0 Å². The molecule has 3 rings (SSSR count). The van der Waals surface area contributed by atoms with E-state index >= 15 is 0 Å². The predicted octanol–water partition coefficient (Wildman–Crippen LogP) is 2.69. The van der Waals surface area contributed by atoms with Crippen molar-refractivity contribution < 1.29 is 4.74 Å². The Labute approximate surface area is 129 Å². The van der Waals surface area contributed by atoms with E-state index in [2.05, 4.69) is 36.4 Å². The van der Waals surface area contributed by atoms with Gasteiger partial charge in [0.05, 0.1) is 6.10 Å². The average Bonchev–Trinajstić information content (AvgIpc) is 2.98. The Kier molecular flexibility index (Phi) is 4.43. The summed E-state index contributed by atoms with van der Waals surface area (Å²) in [4.78, 5) is 4.67. The fourth-order valence-electron chi connectivity index (χ4n) is 4.52. The smallest absolute Gasteiger partial charge is 0.191 e. The van der Waals surface area contributed by atoms with E-state index in [4.69, 9.17) is 4.74 Å². The van der Waals surface area contributed by atoms with E-state index in [1.54, 1.807) is 0 Å². The molecule has 0 amide bonds. The first kappa shape index (κ1) is 15.1. The van der Waals surface area contributed by atoms with Crippen LogP contribution in [0.1, 0.15) is 59.3 Å². The molecular weight excluding hydrogens is 262 g/mol. The fourth-order valence-corrected chi connectivity index (χ4v) is 4.52. The number of nitrogens with one attached hydrogen (secondary N) is 2. The molecule has 3 aliphatic rings. The molecule has 3 unspecified atom stereocenters. The van der Waals surface area contributed by atoms with Crippen LogP contribution in [0.25, 0.3) is 0 Å². The van der Waals surface area contributed by atoms with Gasteiger partial charge in [-0.15, -0.1) is 0 Å². The van der Waals surface area contributed by atoms with E-state index in [9.17, 15) is 0 Å². The van der Waals surface area contributed by atoms with Crippen LogP contribution in [0.15, 0.2) is 4.99 Å². The van der Waals surface area contributed by atoms with E-state index < -0.39 is 0 Å². The number of hydrogen-bond donors (Lipinski definition) is 2. The van der Waals surface area contributed by atoms with Gasteiger partial charge in [0, 0.05) is 36.6 Å². The maximum atomic E-state index is 6.00. The van der Waals surface area contributed by atoms with Crippen molar-refractivity contribution in [2.75, 3.05) is 13.2 Å². The molecule has 0 bridgehead atoms. The van der Waals surface area contributed by atoms with Crippen LogP contribution in [0.3, 0.4) is 0 Å². The van der Waals surface area contributed by atoms with Crippen LogP contribution in [0, 0.1) is 11.3 Å². The molecule has 1 aliphatic heterocycles. The summed E-state index contributed by atoms with van der Waals surface area (Å²) >= 11 is 0. The molecule has 2 N–H and O–H groups in total. The highest BCUT2D eigenvalue weighted by Crippen LogP contribution is 2.51. The summed E-state index contributed by atoms with van der Waals surface area (Å²) in [5, 5.41) is 7.38. The molecule has 1 heterocycles. The lowest BCUT2D eigenvalue weighted by Crippen LogP contribution is -2.71. The zero-order chi connectivity index (χ0) is 14.9. The van der Waals surface area contributed by atoms with Gasteiger partial charge in [-0.05, 0) is 32.6 Å². The maximum Gasteiger partial charge on any atom is 0.191 e. The number of hydrogen-bond acceptors (Lipinski definition) is 2. The van der Waals surface area contributed by atoms with E-state index in [0.717, 1.165) is 19.1 Å². The summed E-state index contributed by atoms with van der Waals surface area (Å²) in [7, 11) is 0. The highest BCUT2D eigenvalue weighted by Gasteiger charge is 2.58. The van der Waals surface area contributed by atoms with Crippen LogP contribution in [0.2, 0.25) is 0 Å². The minimum absolute atomic E-state index is 0.205. The molecule has 2 saturated carbocycles. The van der Waals surface area contributed by atoms with E-state index in [-0.39, 0.29) is 5.41 Å². The molecule has 0 radical (unpaired) electrons. The van der Waals surface area contributed by atoms with Gasteiger partial charge in [0.1, 0.15) is 0 Å². The van der Waals surface area contributed by atoms with Crippen molar-refractivity contribution in [2.24, 2.45) is 16.3 Å². The van der Waals surface area contributed by atoms with Gasteiger partial charge in [0.2, 0.25) is 0 Å². The summed E-state index contributed by atoms with van der Waals surface area (Å²) in [6.45, 7) is 8.54. The molecule has 4 heteroatoms.